The van der Waals surface area contributed by atoms with Crippen molar-refractivity contribution in [3.05, 3.63) is 29.3 Å². The fraction of sp³-hybridized carbons (Fsp3) is 0.647. The first-order chi connectivity index (χ1) is 9.04. The van der Waals surface area contributed by atoms with E-state index < -0.39 is 0 Å². The molecule has 2 rings (SSSR count). The molecule has 0 radical (unpaired) electrons. The van der Waals surface area contributed by atoms with E-state index in [1.54, 1.807) is 0 Å². The second kappa shape index (κ2) is 6.42. The Bertz CT molecular complexity index is 406. The van der Waals surface area contributed by atoms with Gasteiger partial charge in [-0.05, 0) is 76.6 Å². The molecule has 0 atom stereocenters. The molecule has 1 N–H and O–H groups in total. The number of benzene rings is 1. The van der Waals surface area contributed by atoms with Gasteiger partial charge in [-0.3, -0.25) is 0 Å². The maximum atomic E-state index is 5.65. The van der Waals surface area contributed by atoms with Crippen LogP contribution < -0.4 is 10.1 Å². The molecule has 0 saturated heterocycles. The summed E-state index contributed by atoms with van der Waals surface area (Å²) in [6.07, 6.45) is 6.01. The molecular formula is C17H27NO. The third kappa shape index (κ3) is 4.87. The van der Waals surface area contributed by atoms with Gasteiger partial charge in [-0.15, -0.1) is 0 Å². The number of unbranched alkanes of at least 4 members (excludes halogenated alkanes) is 1. The SMILES string of the molecule is CC(C)(C)NCCCCc1ccc2c(c1)CCCO2. The molecule has 1 aliphatic rings. The molecule has 1 aliphatic heterocycles. The van der Waals surface area contributed by atoms with Gasteiger partial charge in [-0.2, -0.15) is 0 Å². The zero-order chi connectivity index (χ0) is 13.7. The van der Waals surface area contributed by atoms with Crippen LogP contribution >= 0.6 is 0 Å². The first-order valence-corrected chi connectivity index (χ1v) is 7.54. The Morgan fingerprint density at radius 1 is 1.21 bits per heavy atom. The minimum absolute atomic E-state index is 0.239. The summed E-state index contributed by atoms with van der Waals surface area (Å²) in [4.78, 5) is 0. The second-order valence-electron chi connectivity index (χ2n) is 6.53. The molecule has 1 aromatic rings. The van der Waals surface area contributed by atoms with Crippen LogP contribution in [0.4, 0.5) is 0 Å². The summed E-state index contributed by atoms with van der Waals surface area (Å²) in [5.41, 5.74) is 3.10. The monoisotopic (exact) mass is 261 g/mol. The van der Waals surface area contributed by atoms with E-state index in [9.17, 15) is 0 Å². The lowest BCUT2D eigenvalue weighted by molar-refractivity contribution is 0.288. The molecule has 0 amide bonds. The van der Waals surface area contributed by atoms with Crippen molar-refractivity contribution >= 4 is 0 Å². The number of nitrogens with one attached hydrogen (secondary N) is 1. The van der Waals surface area contributed by atoms with Crippen LogP contribution in [0.1, 0.15) is 51.2 Å². The van der Waals surface area contributed by atoms with Gasteiger partial charge in [0.1, 0.15) is 5.75 Å². The van der Waals surface area contributed by atoms with Crippen molar-refractivity contribution in [2.75, 3.05) is 13.2 Å². The Balaban J connectivity index is 1.74. The smallest absolute Gasteiger partial charge is 0.122 e. The predicted octanol–water partition coefficient (Wildman–Crippen LogP) is 3.72. The Kier molecular flexibility index (Phi) is 4.87. The minimum Gasteiger partial charge on any atom is -0.493 e. The van der Waals surface area contributed by atoms with Crippen LogP contribution in [0.15, 0.2) is 18.2 Å². The fourth-order valence-corrected chi connectivity index (χ4v) is 2.49. The highest BCUT2D eigenvalue weighted by Crippen LogP contribution is 2.26. The van der Waals surface area contributed by atoms with E-state index >= 15 is 0 Å². The molecule has 0 saturated carbocycles. The molecule has 0 aliphatic carbocycles. The molecule has 0 spiro atoms. The summed E-state index contributed by atoms with van der Waals surface area (Å²) in [5, 5.41) is 3.54. The first kappa shape index (κ1) is 14.4. The molecule has 1 heterocycles. The largest absolute Gasteiger partial charge is 0.493 e. The fourth-order valence-electron chi connectivity index (χ4n) is 2.49. The van der Waals surface area contributed by atoms with E-state index in [2.05, 4.69) is 44.3 Å². The van der Waals surface area contributed by atoms with Crippen molar-refractivity contribution in [1.82, 2.24) is 5.32 Å². The summed E-state index contributed by atoms with van der Waals surface area (Å²) in [5.74, 6) is 1.10. The normalized spacial score (nSPS) is 14.9. The van der Waals surface area contributed by atoms with E-state index in [0.717, 1.165) is 25.3 Å². The van der Waals surface area contributed by atoms with Gasteiger partial charge < -0.3 is 10.1 Å². The third-order valence-corrected chi connectivity index (χ3v) is 3.52. The molecule has 2 nitrogen and oxygen atoms in total. The summed E-state index contributed by atoms with van der Waals surface area (Å²) < 4.78 is 5.65. The van der Waals surface area contributed by atoms with E-state index in [-0.39, 0.29) is 5.54 Å². The van der Waals surface area contributed by atoms with Crippen LogP contribution in [0.25, 0.3) is 0 Å². The van der Waals surface area contributed by atoms with Crippen LogP contribution in [0.3, 0.4) is 0 Å². The zero-order valence-electron chi connectivity index (χ0n) is 12.6. The lowest BCUT2D eigenvalue weighted by atomic mass is 10.0. The molecule has 0 aromatic heterocycles. The van der Waals surface area contributed by atoms with Crippen molar-refractivity contribution in [2.45, 2.75) is 58.4 Å². The van der Waals surface area contributed by atoms with Crippen molar-refractivity contribution in [1.29, 1.82) is 0 Å². The number of aryl methyl sites for hydroxylation is 2. The Morgan fingerprint density at radius 2 is 2.05 bits per heavy atom. The van der Waals surface area contributed by atoms with Crippen LogP contribution in [0.2, 0.25) is 0 Å². The van der Waals surface area contributed by atoms with E-state index in [1.165, 1.54) is 36.8 Å². The quantitative estimate of drug-likeness (QED) is 0.816. The van der Waals surface area contributed by atoms with Crippen molar-refractivity contribution in [2.24, 2.45) is 0 Å². The minimum atomic E-state index is 0.239. The molecular weight excluding hydrogens is 234 g/mol. The maximum absolute atomic E-state index is 5.65. The standard InChI is InChI=1S/C17H27NO/c1-17(2,3)18-11-5-4-7-14-9-10-16-15(13-14)8-6-12-19-16/h9-10,13,18H,4-8,11-12H2,1-3H3. The summed E-state index contributed by atoms with van der Waals surface area (Å²) >= 11 is 0. The van der Waals surface area contributed by atoms with Crippen molar-refractivity contribution in [3.63, 3.8) is 0 Å². The van der Waals surface area contributed by atoms with Crippen LogP contribution in [0, 0.1) is 0 Å². The van der Waals surface area contributed by atoms with Gasteiger partial charge in [0.15, 0.2) is 0 Å². The van der Waals surface area contributed by atoms with Crippen LogP contribution in [-0.4, -0.2) is 18.7 Å². The van der Waals surface area contributed by atoms with Gasteiger partial charge >= 0.3 is 0 Å². The van der Waals surface area contributed by atoms with Gasteiger partial charge in [0.05, 0.1) is 6.61 Å². The first-order valence-electron chi connectivity index (χ1n) is 7.54. The van der Waals surface area contributed by atoms with Gasteiger partial charge in [0.25, 0.3) is 0 Å². The highest BCUT2D eigenvalue weighted by molar-refractivity contribution is 5.38. The third-order valence-electron chi connectivity index (χ3n) is 3.52. The lowest BCUT2D eigenvalue weighted by Gasteiger charge is -2.20. The zero-order valence-corrected chi connectivity index (χ0v) is 12.6. The van der Waals surface area contributed by atoms with Gasteiger partial charge in [-0.1, -0.05) is 12.1 Å². The van der Waals surface area contributed by atoms with Gasteiger partial charge in [0, 0.05) is 5.54 Å². The van der Waals surface area contributed by atoms with E-state index in [4.69, 9.17) is 4.74 Å². The molecule has 0 unspecified atom stereocenters. The molecule has 0 bridgehead atoms. The predicted molar refractivity (Wildman–Crippen MR) is 81.0 cm³/mol. The average Bonchev–Trinajstić information content (AvgIpc) is 2.37. The Hall–Kier alpha value is -1.02. The summed E-state index contributed by atoms with van der Waals surface area (Å²) in [6.45, 7) is 8.64. The van der Waals surface area contributed by atoms with E-state index in [0.29, 0.717) is 0 Å². The molecule has 19 heavy (non-hydrogen) atoms. The Morgan fingerprint density at radius 3 is 2.84 bits per heavy atom. The highest BCUT2D eigenvalue weighted by Gasteiger charge is 2.10. The Labute approximate surface area is 117 Å². The van der Waals surface area contributed by atoms with E-state index in [1.807, 2.05) is 0 Å². The molecule has 2 heteroatoms. The average molecular weight is 261 g/mol. The van der Waals surface area contributed by atoms with Gasteiger partial charge in [-0.25, -0.2) is 0 Å². The maximum Gasteiger partial charge on any atom is 0.122 e. The molecule has 1 aromatic carbocycles. The summed E-state index contributed by atoms with van der Waals surface area (Å²) in [6, 6.07) is 6.71. The highest BCUT2D eigenvalue weighted by atomic mass is 16.5. The van der Waals surface area contributed by atoms with Crippen molar-refractivity contribution < 1.29 is 4.74 Å². The number of fused-ring (bicyclic) bond motifs is 1. The van der Waals surface area contributed by atoms with Crippen molar-refractivity contribution in [3.8, 4) is 5.75 Å². The number of hydrogen-bond donors (Lipinski definition) is 1. The van der Waals surface area contributed by atoms with Crippen LogP contribution in [0.5, 0.6) is 5.75 Å². The number of ether oxygens (including phenoxy) is 1. The topological polar surface area (TPSA) is 21.3 Å². The summed E-state index contributed by atoms with van der Waals surface area (Å²) in [7, 11) is 0. The second-order valence-corrected chi connectivity index (χ2v) is 6.53. The number of rotatable bonds is 5. The van der Waals surface area contributed by atoms with Gasteiger partial charge in [0.2, 0.25) is 0 Å². The lowest BCUT2D eigenvalue weighted by Crippen LogP contribution is -2.36. The molecule has 106 valence electrons. The van der Waals surface area contributed by atoms with Crippen LogP contribution in [-0.2, 0) is 12.8 Å². The number of hydrogen-bond acceptors (Lipinski definition) is 2. The molecule has 0 fully saturated rings.